The first kappa shape index (κ1) is 16.3. The Labute approximate surface area is 130 Å². The first-order chi connectivity index (χ1) is 10.3. The number of ketones is 1. The minimum Gasteiger partial charge on any atom is -0.289 e. The van der Waals surface area contributed by atoms with Crippen molar-refractivity contribution in [3.63, 3.8) is 0 Å². The second-order valence-electron chi connectivity index (χ2n) is 6.10. The zero-order valence-corrected chi connectivity index (χ0v) is 13.3. The largest absolute Gasteiger partial charge is 0.289 e. The lowest BCUT2D eigenvalue weighted by Crippen LogP contribution is -2.11. The normalized spacial score (nSPS) is 11.3. The summed E-state index contributed by atoms with van der Waals surface area (Å²) in [5.41, 5.74) is 2.29. The number of benzene rings is 2. The molecule has 0 saturated heterocycles. The SMILES string of the molecule is CC(C)c1cc(F)ccc1C(=O)c1ccc(F)cc1C(C)C. The monoisotopic (exact) mass is 302 g/mol. The molecule has 0 fully saturated rings. The molecule has 0 bridgehead atoms. The summed E-state index contributed by atoms with van der Waals surface area (Å²) in [4.78, 5) is 12.9. The highest BCUT2D eigenvalue weighted by molar-refractivity contribution is 6.11. The van der Waals surface area contributed by atoms with Gasteiger partial charge in [0.05, 0.1) is 0 Å². The van der Waals surface area contributed by atoms with Gasteiger partial charge in [-0.2, -0.15) is 0 Å². The number of rotatable bonds is 4. The van der Waals surface area contributed by atoms with Crippen molar-refractivity contribution in [3.05, 3.63) is 70.3 Å². The fraction of sp³-hybridized carbons (Fsp3) is 0.316. The molecule has 0 spiro atoms. The minimum absolute atomic E-state index is 0.0256. The van der Waals surface area contributed by atoms with Crippen LogP contribution >= 0.6 is 0 Å². The summed E-state index contributed by atoms with van der Waals surface area (Å²) in [5.74, 6) is -0.852. The number of hydrogen-bond donors (Lipinski definition) is 0. The zero-order chi connectivity index (χ0) is 16.4. The average Bonchev–Trinajstić information content (AvgIpc) is 2.46. The third-order valence-corrected chi connectivity index (χ3v) is 3.76. The lowest BCUT2D eigenvalue weighted by atomic mass is 9.88. The van der Waals surface area contributed by atoms with Gasteiger partial charge in [0, 0.05) is 11.1 Å². The van der Waals surface area contributed by atoms with Crippen molar-refractivity contribution < 1.29 is 13.6 Å². The molecular formula is C19H20F2O. The molecule has 3 heteroatoms. The van der Waals surface area contributed by atoms with Crippen LogP contribution < -0.4 is 0 Å². The highest BCUT2D eigenvalue weighted by atomic mass is 19.1. The molecule has 1 nitrogen and oxygen atoms in total. The van der Waals surface area contributed by atoms with Crippen molar-refractivity contribution in [2.45, 2.75) is 39.5 Å². The van der Waals surface area contributed by atoms with Gasteiger partial charge in [0.2, 0.25) is 0 Å². The van der Waals surface area contributed by atoms with E-state index in [1.165, 1.54) is 36.4 Å². The Hall–Kier alpha value is -2.03. The number of hydrogen-bond acceptors (Lipinski definition) is 1. The Bertz CT molecular complexity index is 643. The summed E-state index contributed by atoms with van der Waals surface area (Å²) in [5, 5.41) is 0. The van der Waals surface area contributed by atoms with Crippen LogP contribution in [0.15, 0.2) is 36.4 Å². The Morgan fingerprint density at radius 2 is 1.14 bits per heavy atom. The van der Waals surface area contributed by atoms with Crippen molar-refractivity contribution in [3.8, 4) is 0 Å². The van der Waals surface area contributed by atoms with Crippen LogP contribution in [-0.2, 0) is 0 Å². The van der Waals surface area contributed by atoms with Crippen molar-refractivity contribution in [1.29, 1.82) is 0 Å². The highest BCUT2D eigenvalue weighted by Gasteiger charge is 2.20. The molecule has 0 amide bonds. The molecular weight excluding hydrogens is 282 g/mol. The molecule has 0 radical (unpaired) electrons. The molecule has 116 valence electrons. The summed E-state index contributed by atoms with van der Waals surface area (Å²) < 4.78 is 26.9. The second-order valence-corrected chi connectivity index (χ2v) is 6.10. The Morgan fingerprint density at radius 3 is 1.45 bits per heavy atom. The molecule has 22 heavy (non-hydrogen) atoms. The summed E-state index contributed by atoms with van der Waals surface area (Å²) in [6, 6.07) is 8.41. The molecule has 0 unspecified atom stereocenters. The predicted molar refractivity (Wildman–Crippen MR) is 84.4 cm³/mol. The molecule has 0 atom stereocenters. The van der Waals surface area contributed by atoms with Gasteiger partial charge < -0.3 is 0 Å². The van der Waals surface area contributed by atoms with Gasteiger partial charge in [-0.05, 0) is 59.4 Å². The van der Waals surface area contributed by atoms with Crippen LogP contribution in [-0.4, -0.2) is 5.78 Å². The maximum atomic E-state index is 13.5. The third kappa shape index (κ3) is 3.24. The van der Waals surface area contributed by atoms with E-state index < -0.39 is 0 Å². The maximum Gasteiger partial charge on any atom is 0.193 e. The molecule has 2 aromatic carbocycles. The molecule has 0 N–H and O–H groups in total. The predicted octanol–water partition coefficient (Wildman–Crippen LogP) is 5.44. The smallest absolute Gasteiger partial charge is 0.193 e. The zero-order valence-electron chi connectivity index (χ0n) is 13.3. The van der Waals surface area contributed by atoms with Gasteiger partial charge in [-0.25, -0.2) is 8.78 Å². The van der Waals surface area contributed by atoms with Crippen molar-refractivity contribution in [1.82, 2.24) is 0 Å². The fourth-order valence-corrected chi connectivity index (χ4v) is 2.58. The van der Waals surface area contributed by atoms with Gasteiger partial charge in [0.15, 0.2) is 5.78 Å². The van der Waals surface area contributed by atoms with Gasteiger partial charge >= 0.3 is 0 Å². The first-order valence-corrected chi connectivity index (χ1v) is 7.44. The maximum absolute atomic E-state index is 13.5. The number of halogens is 2. The molecule has 0 aliphatic heterocycles. The Kier molecular flexibility index (Phi) is 4.74. The van der Waals surface area contributed by atoms with E-state index in [-0.39, 0.29) is 29.3 Å². The van der Waals surface area contributed by atoms with E-state index in [2.05, 4.69) is 0 Å². The van der Waals surface area contributed by atoms with Crippen LogP contribution in [0.4, 0.5) is 8.78 Å². The van der Waals surface area contributed by atoms with Gasteiger partial charge in [0.1, 0.15) is 11.6 Å². The van der Waals surface area contributed by atoms with Crippen LogP contribution in [0.2, 0.25) is 0 Å². The van der Waals surface area contributed by atoms with E-state index in [4.69, 9.17) is 0 Å². The van der Waals surface area contributed by atoms with Gasteiger partial charge in [-0.3, -0.25) is 4.79 Å². The average molecular weight is 302 g/mol. The molecule has 0 aromatic heterocycles. The Morgan fingerprint density at radius 1 is 0.773 bits per heavy atom. The fourth-order valence-electron chi connectivity index (χ4n) is 2.58. The van der Waals surface area contributed by atoms with E-state index in [0.29, 0.717) is 22.3 Å². The molecule has 2 rings (SSSR count). The number of carbonyl (C=O) groups excluding carboxylic acids is 1. The summed E-state index contributed by atoms with van der Waals surface area (Å²) >= 11 is 0. The standard InChI is InChI=1S/C19H20F2O/c1-11(2)17-9-13(20)5-7-15(17)19(22)16-8-6-14(21)10-18(16)12(3)4/h5-12H,1-4H3. The van der Waals surface area contributed by atoms with Crippen LogP contribution in [0.5, 0.6) is 0 Å². The molecule has 0 aliphatic carbocycles. The second kappa shape index (κ2) is 6.39. The van der Waals surface area contributed by atoms with Crippen molar-refractivity contribution >= 4 is 5.78 Å². The quantitative estimate of drug-likeness (QED) is 0.687. The van der Waals surface area contributed by atoms with E-state index in [1.54, 1.807) is 0 Å². The van der Waals surface area contributed by atoms with E-state index in [9.17, 15) is 13.6 Å². The first-order valence-electron chi connectivity index (χ1n) is 7.44. The van der Waals surface area contributed by atoms with E-state index in [1.807, 2.05) is 27.7 Å². The molecule has 0 aliphatic rings. The van der Waals surface area contributed by atoms with Crippen LogP contribution in [0.25, 0.3) is 0 Å². The lowest BCUT2D eigenvalue weighted by molar-refractivity contribution is 0.103. The van der Waals surface area contributed by atoms with Crippen LogP contribution in [0, 0.1) is 11.6 Å². The Balaban J connectivity index is 2.58. The van der Waals surface area contributed by atoms with Gasteiger partial charge in [0.25, 0.3) is 0 Å². The molecule has 0 saturated carbocycles. The topological polar surface area (TPSA) is 17.1 Å². The van der Waals surface area contributed by atoms with Crippen molar-refractivity contribution in [2.75, 3.05) is 0 Å². The van der Waals surface area contributed by atoms with Gasteiger partial charge in [-0.1, -0.05) is 27.7 Å². The summed E-state index contributed by atoms with van der Waals surface area (Å²) in [6.07, 6.45) is 0. The molecule has 0 heterocycles. The third-order valence-electron chi connectivity index (χ3n) is 3.76. The van der Waals surface area contributed by atoms with E-state index >= 15 is 0 Å². The van der Waals surface area contributed by atoms with Crippen LogP contribution in [0.3, 0.4) is 0 Å². The lowest BCUT2D eigenvalue weighted by Gasteiger charge is -2.16. The van der Waals surface area contributed by atoms with Gasteiger partial charge in [-0.15, -0.1) is 0 Å². The highest BCUT2D eigenvalue weighted by Crippen LogP contribution is 2.27. The summed E-state index contributed by atoms with van der Waals surface area (Å²) in [6.45, 7) is 7.66. The number of carbonyl (C=O) groups is 1. The van der Waals surface area contributed by atoms with Crippen LogP contribution in [0.1, 0.15) is 66.6 Å². The van der Waals surface area contributed by atoms with Crippen molar-refractivity contribution in [2.24, 2.45) is 0 Å². The summed E-state index contributed by atoms with van der Waals surface area (Å²) in [7, 11) is 0. The van der Waals surface area contributed by atoms with E-state index in [0.717, 1.165) is 0 Å². The molecule has 2 aromatic rings. The minimum atomic E-state index is -0.358.